The predicted octanol–water partition coefficient (Wildman–Crippen LogP) is 1.88. The number of fused-ring (bicyclic) bond motifs is 1. The van der Waals surface area contributed by atoms with Gasteiger partial charge in [0.1, 0.15) is 0 Å². The van der Waals surface area contributed by atoms with Crippen LogP contribution in [-0.4, -0.2) is 56.6 Å². The van der Waals surface area contributed by atoms with Crippen molar-refractivity contribution in [3.05, 3.63) is 42.7 Å². The summed E-state index contributed by atoms with van der Waals surface area (Å²) in [7, 11) is -0.514. The van der Waals surface area contributed by atoms with Crippen molar-refractivity contribution in [3.63, 3.8) is 0 Å². The Kier molecular flexibility index (Phi) is 5.49. The van der Waals surface area contributed by atoms with E-state index in [9.17, 15) is 13.2 Å². The van der Waals surface area contributed by atoms with Crippen molar-refractivity contribution in [2.24, 2.45) is 0 Å². The Hall–Kier alpha value is -2.10. The third kappa shape index (κ3) is 4.00. The van der Waals surface area contributed by atoms with Gasteiger partial charge in [-0.15, -0.1) is 11.8 Å². The van der Waals surface area contributed by atoms with E-state index in [0.29, 0.717) is 12.2 Å². The van der Waals surface area contributed by atoms with Crippen LogP contribution in [0.3, 0.4) is 0 Å². The summed E-state index contributed by atoms with van der Waals surface area (Å²) in [4.78, 5) is 19.4. The summed E-state index contributed by atoms with van der Waals surface area (Å²) < 4.78 is 26.0. The van der Waals surface area contributed by atoms with E-state index in [1.807, 2.05) is 11.0 Å². The summed E-state index contributed by atoms with van der Waals surface area (Å²) in [6.45, 7) is 0.828. The number of carbonyl (C=O) groups excluding carboxylic acids is 1. The van der Waals surface area contributed by atoms with Crippen LogP contribution in [0.15, 0.2) is 52.5 Å². The zero-order valence-corrected chi connectivity index (χ0v) is 16.2. The molecule has 2 heterocycles. The predicted molar refractivity (Wildman–Crippen MR) is 103 cm³/mol. The molecule has 1 aromatic heterocycles. The number of sulfonamides is 1. The van der Waals surface area contributed by atoms with E-state index in [1.54, 1.807) is 48.4 Å². The van der Waals surface area contributed by atoms with E-state index >= 15 is 0 Å². The average Bonchev–Trinajstić information content (AvgIpc) is 2.62. The van der Waals surface area contributed by atoms with Gasteiger partial charge in [-0.1, -0.05) is 0 Å². The third-order valence-corrected chi connectivity index (χ3v) is 6.82. The standard InChI is InChI=1S/C17H20N4O3S2/c1-20(2)26(23,24)14-3-4-16-15(11-14)21(9-10-25-16)12-17(22)19-13-5-7-18-8-6-13/h3-8,11H,9-10,12H2,1-2H3,(H,18,19,22). The number of aromatic nitrogens is 1. The van der Waals surface area contributed by atoms with Crippen LogP contribution < -0.4 is 10.2 Å². The third-order valence-electron chi connectivity index (χ3n) is 3.97. The molecule has 138 valence electrons. The Bertz CT molecular complexity index is 901. The van der Waals surface area contributed by atoms with Crippen molar-refractivity contribution in [2.45, 2.75) is 9.79 Å². The maximum absolute atomic E-state index is 12.4. The summed E-state index contributed by atoms with van der Waals surface area (Å²) in [5, 5.41) is 2.83. The van der Waals surface area contributed by atoms with Crippen molar-refractivity contribution in [2.75, 3.05) is 43.2 Å². The van der Waals surface area contributed by atoms with Gasteiger partial charge in [-0.3, -0.25) is 9.78 Å². The molecule has 1 aliphatic rings. The first-order valence-electron chi connectivity index (χ1n) is 8.02. The minimum atomic E-state index is -3.52. The normalized spacial score (nSPS) is 14.2. The van der Waals surface area contributed by atoms with E-state index in [-0.39, 0.29) is 17.3 Å². The van der Waals surface area contributed by atoms with Crippen LogP contribution in [0, 0.1) is 0 Å². The van der Waals surface area contributed by atoms with Gasteiger partial charge >= 0.3 is 0 Å². The molecule has 0 bridgehead atoms. The van der Waals surface area contributed by atoms with Gasteiger partial charge in [0.2, 0.25) is 15.9 Å². The maximum atomic E-state index is 12.4. The molecule has 1 amide bonds. The summed E-state index contributed by atoms with van der Waals surface area (Å²) in [6, 6.07) is 8.51. The first-order chi connectivity index (χ1) is 12.4. The van der Waals surface area contributed by atoms with E-state index < -0.39 is 10.0 Å². The van der Waals surface area contributed by atoms with Crippen LogP contribution in [0.5, 0.6) is 0 Å². The highest BCUT2D eigenvalue weighted by molar-refractivity contribution is 7.99. The monoisotopic (exact) mass is 392 g/mol. The molecule has 2 aromatic rings. The zero-order chi connectivity index (χ0) is 18.7. The van der Waals surface area contributed by atoms with Gasteiger partial charge in [-0.25, -0.2) is 12.7 Å². The Morgan fingerprint density at radius 2 is 2.00 bits per heavy atom. The molecule has 26 heavy (non-hydrogen) atoms. The number of nitrogens with one attached hydrogen (secondary N) is 1. The van der Waals surface area contributed by atoms with E-state index in [0.717, 1.165) is 16.3 Å². The number of amides is 1. The molecule has 0 saturated carbocycles. The largest absolute Gasteiger partial charge is 0.360 e. The van der Waals surface area contributed by atoms with Crippen molar-refractivity contribution < 1.29 is 13.2 Å². The molecular formula is C17H20N4O3S2. The number of benzene rings is 1. The minimum absolute atomic E-state index is 0.154. The number of anilines is 2. The molecule has 3 rings (SSSR count). The molecule has 1 aliphatic heterocycles. The number of pyridine rings is 1. The second kappa shape index (κ2) is 7.65. The molecule has 0 saturated heterocycles. The molecule has 0 unspecified atom stereocenters. The topological polar surface area (TPSA) is 82.6 Å². The van der Waals surface area contributed by atoms with Crippen LogP contribution >= 0.6 is 11.8 Å². The molecular weight excluding hydrogens is 372 g/mol. The lowest BCUT2D eigenvalue weighted by molar-refractivity contribution is -0.115. The van der Waals surface area contributed by atoms with E-state index in [2.05, 4.69) is 10.3 Å². The van der Waals surface area contributed by atoms with E-state index in [4.69, 9.17) is 0 Å². The highest BCUT2D eigenvalue weighted by atomic mass is 32.2. The number of hydrogen-bond acceptors (Lipinski definition) is 6. The number of carbonyl (C=O) groups is 1. The highest BCUT2D eigenvalue weighted by Crippen LogP contribution is 2.36. The van der Waals surface area contributed by atoms with Crippen molar-refractivity contribution in [3.8, 4) is 0 Å². The molecule has 0 spiro atoms. The van der Waals surface area contributed by atoms with Gasteiger partial charge in [-0.2, -0.15) is 0 Å². The van der Waals surface area contributed by atoms with Gasteiger partial charge in [0, 0.05) is 49.4 Å². The number of rotatable bonds is 5. The fourth-order valence-corrected chi connectivity index (χ4v) is 4.55. The molecule has 0 radical (unpaired) electrons. The van der Waals surface area contributed by atoms with E-state index in [1.165, 1.54) is 18.4 Å². The summed E-state index contributed by atoms with van der Waals surface area (Å²) in [6.07, 6.45) is 3.22. The smallest absolute Gasteiger partial charge is 0.243 e. The average molecular weight is 393 g/mol. The highest BCUT2D eigenvalue weighted by Gasteiger charge is 2.24. The Labute approximate surface area is 157 Å². The molecule has 1 N–H and O–H groups in total. The molecule has 1 aromatic carbocycles. The Morgan fingerprint density at radius 3 is 2.69 bits per heavy atom. The SMILES string of the molecule is CN(C)S(=O)(=O)c1ccc2c(c1)N(CC(=O)Nc1ccncc1)CCS2. The molecule has 0 aliphatic carbocycles. The molecule has 0 atom stereocenters. The second-order valence-corrected chi connectivity index (χ2v) is 9.26. The van der Waals surface area contributed by atoms with Gasteiger partial charge in [-0.05, 0) is 30.3 Å². The quantitative estimate of drug-likeness (QED) is 0.837. The van der Waals surface area contributed by atoms with Gasteiger partial charge < -0.3 is 10.2 Å². The second-order valence-electron chi connectivity index (χ2n) is 5.97. The van der Waals surface area contributed by atoms with Crippen LogP contribution in [0.4, 0.5) is 11.4 Å². The summed E-state index contributed by atoms with van der Waals surface area (Å²) in [5.41, 5.74) is 1.45. The van der Waals surface area contributed by atoms with Crippen LogP contribution in [-0.2, 0) is 14.8 Å². The van der Waals surface area contributed by atoms with Crippen LogP contribution in [0.1, 0.15) is 0 Å². The molecule has 9 heteroatoms. The fourth-order valence-electron chi connectivity index (χ4n) is 2.60. The lowest BCUT2D eigenvalue weighted by Crippen LogP contribution is -2.37. The first kappa shape index (κ1) is 18.7. The lowest BCUT2D eigenvalue weighted by atomic mass is 10.2. The summed E-state index contributed by atoms with van der Waals surface area (Å²) in [5.74, 6) is 0.685. The maximum Gasteiger partial charge on any atom is 0.243 e. The minimum Gasteiger partial charge on any atom is -0.360 e. The summed E-state index contributed by atoms with van der Waals surface area (Å²) >= 11 is 1.66. The molecule has 7 nitrogen and oxygen atoms in total. The van der Waals surface area contributed by atoms with Gasteiger partial charge in [0.25, 0.3) is 0 Å². The van der Waals surface area contributed by atoms with Crippen molar-refractivity contribution in [1.29, 1.82) is 0 Å². The van der Waals surface area contributed by atoms with Gasteiger partial charge in [0.05, 0.1) is 17.1 Å². The fraction of sp³-hybridized carbons (Fsp3) is 0.294. The van der Waals surface area contributed by atoms with Crippen molar-refractivity contribution in [1.82, 2.24) is 9.29 Å². The first-order valence-corrected chi connectivity index (χ1v) is 10.4. The lowest BCUT2D eigenvalue weighted by Gasteiger charge is -2.30. The zero-order valence-electron chi connectivity index (χ0n) is 14.5. The number of thioether (sulfide) groups is 1. The number of nitrogens with zero attached hydrogens (tertiary/aromatic N) is 3. The Balaban J connectivity index is 1.82. The van der Waals surface area contributed by atoms with Crippen LogP contribution in [0.25, 0.3) is 0 Å². The number of hydrogen-bond donors (Lipinski definition) is 1. The molecule has 0 fully saturated rings. The van der Waals surface area contributed by atoms with Crippen molar-refractivity contribution >= 4 is 39.1 Å². The van der Waals surface area contributed by atoms with Gasteiger partial charge in [0.15, 0.2) is 0 Å². The van der Waals surface area contributed by atoms with Crippen LogP contribution in [0.2, 0.25) is 0 Å². The Morgan fingerprint density at radius 1 is 1.27 bits per heavy atom.